The van der Waals surface area contributed by atoms with E-state index in [4.69, 9.17) is 0 Å². The van der Waals surface area contributed by atoms with Crippen molar-refractivity contribution < 1.29 is 39.0 Å². The average Bonchev–Trinajstić information content (AvgIpc) is 3.08. The van der Waals surface area contributed by atoms with Gasteiger partial charge in [-0.25, -0.2) is 4.79 Å². The molecule has 0 aromatic heterocycles. The van der Waals surface area contributed by atoms with Crippen LogP contribution in [0.3, 0.4) is 0 Å². The van der Waals surface area contributed by atoms with Crippen LogP contribution in [-0.4, -0.2) is 67.2 Å². The van der Waals surface area contributed by atoms with E-state index in [0.29, 0.717) is 4.90 Å². The topological polar surface area (TPSA) is 149 Å². The lowest BCUT2D eigenvalue weighted by Gasteiger charge is -2.49. The summed E-state index contributed by atoms with van der Waals surface area (Å²) in [4.78, 5) is 74.1. The van der Waals surface area contributed by atoms with E-state index < -0.39 is 53.1 Å². The fraction of sp³-hybridized carbons (Fsp3) is 0.625. The highest BCUT2D eigenvalue weighted by Crippen LogP contribution is 2.43. The molecule has 0 spiro atoms. The smallest absolute Gasteiger partial charge is 0.332 e. The molecule has 3 rings (SSSR count). The van der Waals surface area contributed by atoms with Crippen molar-refractivity contribution in [2.75, 3.05) is 0 Å². The van der Waals surface area contributed by atoms with Crippen molar-refractivity contribution in [3.05, 3.63) is 0 Å². The molecule has 10 heteroatoms. The van der Waals surface area contributed by atoms with Gasteiger partial charge >= 0.3 is 11.9 Å². The first-order chi connectivity index (χ1) is 12.2. The fourth-order valence-electron chi connectivity index (χ4n) is 4.26. The quantitative estimate of drug-likeness (QED) is 0.624. The zero-order chi connectivity index (χ0) is 19.2. The Bertz CT molecular complexity index is 700. The second kappa shape index (κ2) is 6.19. The zero-order valence-corrected chi connectivity index (χ0v) is 13.8. The molecule has 2 heterocycles. The molecule has 2 N–H and O–H groups in total. The predicted molar refractivity (Wildman–Crippen MR) is 81.3 cm³/mol. The first-order valence-corrected chi connectivity index (χ1v) is 8.37. The minimum absolute atomic E-state index is 0.0780. The van der Waals surface area contributed by atoms with E-state index in [1.165, 1.54) is 0 Å². The van der Waals surface area contributed by atoms with Crippen molar-refractivity contribution in [3.8, 4) is 0 Å². The van der Waals surface area contributed by atoms with Crippen molar-refractivity contribution in [3.63, 3.8) is 0 Å². The standard InChI is InChI=1S/C16H18N2O8/c19-10-1-2-11(20)17(10)9-7-8(14(23)24)5-6-16(9,15(25)26)18-12(21)3-4-13(18)22/h8-9H,1-7H2,(H,23,24)(H,25,26)/t8-,9?,16?/m0/s1. The van der Waals surface area contributed by atoms with Gasteiger partial charge in [0.1, 0.15) is 0 Å². The Kier molecular flexibility index (Phi) is 4.29. The molecule has 1 saturated carbocycles. The molecule has 3 atom stereocenters. The van der Waals surface area contributed by atoms with Crippen LogP contribution in [0.15, 0.2) is 0 Å². The van der Waals surface area contributed by atoms with E-state index in [-0.39, 0.29) is 44.9 Å². The van der Waals surface area contributed by atoms with Crippen LogP contribution in [0.25, 0.3) is 0 Å². The molecular formula is C16H18N2O8. The molecular weight excluding hydrogens is 348 g/mol. The molecule has 140 valence electrons. The Morgan fingerprint density at radius 1 is 0.885 bits per heavy atom. The minimum Gasteiger partial charge on any atom is -0.481 e. The highest BCUT2D eigenvalue weighted by Gasteiger charge is 2.62. The maximum absolute atomic E-state index is 12.3. The van der Waals surface area contributed by atoms with Crippen LogP contribution < -0.4 is 0 Å². The molecule has 2 aliphatic heterocycles. The number of likely N-dealkylation sites (tertiary alicyclic amines) is 2. The first-order valence-electron chi connectivity index (χ1n) is 8.37. The number of aliphatic carboxylic acids is 2. The number of rotatable bonds is 4. The molecule has 2 saturated heterocycles. The third-order valence-corrected chi connectivity index (χ3v) is 5.50. The monoisotopic (exact) mass is 366 g/mol. The Labute approximate surface area is 147 Å². The summed E-state index contributed by atoms with van der Waals surface area (Å²) in [5, 5.41) is 19.3. The summed E-state index contributed by atoms with van der Waals surface area (Å²) in [5.74, 6) is -6.26. The molecule has 10 nitrogen and oxygen atoms in total. The summed E-state index contributed by atoms with van der Waals surface area (Å²) in [6.45, 7) is 0. The Balaban J connectivity index is 2.13. The molecule has 0 radical (unpaired) electrons. The number of hydrogen-bond donors (Lipinski definition) is 2. The van der Waals surface area contributed by atoms with E-state index in [1.807, 2.05) is 0 Å². The van der Waals surface area contributed by atoms with Gasteiger partial charge in [-0.15, -0.1) is 0 Å². The Morgan fingerprint density at radius 3 is 1.85 bits per heavy atom. The lowest BCUT2D eigenvalue weighted by atomic mass is 9.70. The number of carboxylic acid groups (broad SMARTS) is 2. The van der Waals surface area contributed by atoms with Crippen LogP contribution >= 0.6 is 0 Å². The zero-order valence-electron chi connectivity index (χ0n) is 13.8. The molecule has 0 aromatic carbocycles. The van der Waals surface area contributed by atoms with E-state index >= 15 is 0 Å². The third kappa shape index (κ3) is 2.47. The van der Waals surface area contributed by atoms with Gasteiger partial charge in [0.15, 0.2) is 5.54 Å². The van der Waals surface area contributed by atoms with E-state index in [2.05, 4.69) is 0 Å². The summed E-state index contributed by atoms with van der Waals surface area (Å²) >= 11 is 0. The molecule has 4 amide bonds. The van der Waals surface area contributed by atoms with Crippen molar-refractivity contribution in [1.29, 1.82) is 0 Å². The molecule has 1 aliphatic carbocycles. The van der Waals surface area contributed by atoms with E-state index in [9.17, 15) is 39.0 Å². The van der Waals surface area contributed by atoms with E-state index in [1.54, 1.807) is 0 Å². The van der Waals surface area contributed by atoms with Crippen molar-refractivity contribution >= 4 is 35.6 Å². The molecule has 2 unspecified atom stereocenters. The van der Waals surface area contributed by atoms with Crippen molar-refractivity contribution in [2.45, 2.75) is 56.5 Å². The number of carbonyl (C=O) groups excluding carboxylic acids is 4. The van der Waals surface area contributed by atoms with Gasteiger partial charge in [-0.2, -0.15) is 0 Å². The molecule has 26 heavy (non-hydrogen) atoms. The van der Waals surface area contributed by atoms with Crippen molar-refractivity contribution in [1.82, 2.24) is 9.80 Å². The molecule has 3 aliphatic rings. The number of carboxylic acids is 2. The molecule has 0 aromatic rings. The number of hydrogen-bond acceptors (Lipinski definition) is 6. The summed E-state index contributed by atoms with van der Waals surface area (Å²) in [5.41, 5.74) is -2.12. The van der Waals surface area contributed by atoms with Crippen LogP contribution in [0.2, 0.25) is 0 Å². The van der Waals surface area contributed by atoms with Crippen LogP contribution in [0.4, 0.5) is 0 Å². The highest BCUT2D eigenvalue weighted by atomic mass is 16.4. The summed E-state index contributed by atoms with van der Waals surface area (Å²) in [7, 11) is 0. The first kappa shape index (κ1) is 18.0. The average molecular weight is 366 g/mol. The maximum atomic E-state index is 12.3. The number of nitrogens with zero attached hydrogens (tertiary/aromatic N) is 2. The predicted octanol–water partition coefficient (Wildman–Crippen LogP) is -0.639. The number of amides is 4. The van der Waals surface area contributed by atoms with Gasteiger partial charge in [-0.3, -0.25) is 33.8 Å². The minimum atomic E-state index is -2.12. The lowest BCUT2D eigenvalue weighted by molar-refractivity contribution is -0.177. The summed E-state index contributed by atoms with van der Waals surface area (Å²) in [6.07, 6.45) is -1.22. The van der Waals surface area contributed by atoms with Gasteiger partial charge in [0.2, 0.25) is 23.6 Å². The maximum Gasteiger partial charge on any atom is 0.332 e. The second-order valence-electron chi connectivity index (χ2n) is 6.84. The summed E-state index contributed by atoms with van der Waals surface area (Å²) < 4.78 is 0. The number of imide groups is 2. The normalized spacial score (nSPS) is 32.5. The fourth-order valence-corrected chi connectivity index (χ4v) is 4.26. The Hall–Kier alpha value is -2.78. The molecule has 0 bridgehead atoms. The van der Waals surface area contributed by atoms with Crippen LogP contribution in [0.1, 0.15) is 44.9 Å². The SMILES string of the molecule is O=C(O)[C@H]1CCC(C(=O)O)(N2C(=O)CCC2=O)C(N2C(=O)CCC2=O)C1. The second-order valence-corrected chi connectivity index (χ2v) is 6.84. The van der Waals surface area contributed by atoms with Crippen LogP contribution in [0.5, 0.6) is 0 Å². The largest absolute Gasteiger partial charge is 0.481 e. The van der Waals surface area contributed by atoms with Gasteiger partial charge in [-0.1, -0.05) is 0 Å². The number of carbonyl (C=O) groups is 6. The summed E-state index contributed by atoms with van der Waals surface area (Å²) in [6, 6.07) is -1.39. The van der Waals surface area contributed by atoms with Gasteiger partial charge in [-0.05, 0) is 19.3 Å². The van der Waals surface area contributed by atoms with Crippen LogP contribution in [-0.2, 0) is 28.8 Å². The highest BCUT2D eigenvalue weighted by molar-refractivity contribution is 6.08. The third-order valence-electron chi connectivity index (χ3n) is 5.50. The van der Waals surface area contributed by atoms with Gasteiger partial charge in [0.05, 0.1) is 12.0 Å². The van der Waals surface area contributed by atoms with Gasteiger partial charge in [0.25, 0.3) is 0 Å². The van der Waals surface area contributed by atoms with Crippen molar-refractivity contribution in [2.24, 2.45) is 5.92 Å². The lowest BCUT2D eigenvalue weighted by Crippen LogP contribution is -2.70. The molecule has 3 fully saturated rings. The Morgan fingerprint density at radius 2 is 1.38 bits per heavy atom. The van der Waals surface area contributed by atoms with Gasteiger partial charge < -0.3 is 10.2 Å². The van der Waals surface area contributed by atoms with E-state index in [0.717, 1.165) is 4.90 Å². The van der Waals surface area contributed by atoms with Gasteiger partial charge in [0, 0.05) is 25.7 Å². The van der Waals surface area contributed by atoms with Crippen LogP contribution in [0, 0.1) is 5.92 Å².